The van der Waals surface area contributed by atoms with Crippen LogP contribution in [0, 0.1) is 6.92 Å². The number of aromatic nitrogens is 1. The minimum atomic E-state index is -0.242. The number of nitrogens with zero attached hydrogens (tertiary/aromatic N) is 4. The van der Waals surface area contributed by atoms with E-state index < -0.39 is 0 Å². The Hall–Kier alpha value is -1.47. The maximum Gasteiger partial charge on any atom is 0.245 e. The fourth-order valence-electron chi connectivity index (χ4n) is 3.74. The standard InChI is InChI=1S/C18H28N4O2S/c1-3-17(23)22-7-5-4-6-16(22)18(24)21-10-8-20(9-11-21)12-15-13-25-14(2)19-15/h13,16H,3-12H2,1-2H3. The van der Waals surface area contributed by atoms with Gasteiger partial charge in [-0.2, -0.15) is 0 Å². The van der Waals surface area contributed by atoms with Gasteiger partial charge in [-0.15, -0.1) is 11.3 Å². The third kappa shape index (κ3) is 4.39. The Kier molecular flexibility index (Phi) is 6.06. The van der Waals surface area contributed by atoms with Gasteiger partial charge in [-0.05, 0) is 26.2 Å². The van der Waals surface area contributed by atoms with Gasteiger partial charge in [0, 0.05) is 51.1 Å². The van der Waals surface area contributed by atoms with Crippen molar-refractivity contribution in [1.82, 2.24) is 19.7 Å². The van der Waals surface area contributed by atoms with Crippen LogP contribution in [0.5, 0.6) is 0 Å². The number of likely N-dealkylation sites (tertiary alicyclic amines) is 1. The van der Waals surface area contributed by atoms with Crippen LogP contribution in [-0.2, 0) is 16.1 Å². The van der Waals surface area contributed by atoms with Gasteiger partial charge in [0.1, 0.15) is 6.04 Å². The molecule has 0 aliphatic carbocycles. The van der Waals surface area contributed by atoms with Crippen LogP contribution in [0.3, 0.4) is 0 Å². The Morgan fingerprint density at radius 1 is 1.20 bits per heavy atom. The summed E-state index contributed by atoms with van der Waals surface area (Å²) in [6.45, 7) is 8.71. The number of piperazine rings is 1. The Bertz CT molecular complexity index is 610. The van der Waals surface area contributed by atoms with Crippen LogP contribution in [0.2, 0.25) is 0 Å². The summed E-state index contributed by atoms with van der Waals surface area (Å²) in [7, 11) is 0. The van der Waals surface area contributed by atoms with Crippen molar-refractivity contribution in [2.24, 2.45) is 0 Å². The lowest BCUT2D eigenvalue weighted by molar-refractivity contribution is -0.148. The third-order valence-corrected chi connectivity index (χ3v) is 5.97. The molecule has 0 aromatic carbocycles. The van der Waals surface area contributed by atoms with Crippen molar-refractivity contribution in [3.63, 3.8) is 0 Å². The fourth-order valence-corrected chi connectivity index (χ4v) is 4.34. The molecule has 2 aliphatic rings. The van der Waals surface area contributed by atoms with Gasteiger partial charge in [0.15, 0.2) is 0 Å². The number of carbonyl (C=O) groups excluding carboxylic acids is 2. The monoisotopic (exact) mass is 364 g/mol. The van der Waals surface area contributed by atoms with E-state index in [-0.39, 0.29) is 17.9 Å². The molecule has 2 saturated heterocycles. The fraction of sp³-hybridized carbons (Fsp3) is 0.722. The van der Waals surface area contributed by atoms with Crippen molar-refractivity contribution in [3.8, 4) is 0 Å². The summed E-state index contributed by atoms with van der Waals surface area (Å²) in [6, 6.07) is -0.242. The van der Waals surface area contributed by atoms with E-state index in [1.807, 2.05) is 23.6 Å². The van der Waals surface area contributed by atoms with Gasteiger partial charge in [-0.25, -0.2) is 4.98 Å². The van der Waals surface area contributed by atoms with E-state index in [9.17, 15) is 9.59 Å². The van der Waals surface area contributed by atoms with Crippen LogP contribution >= 0.6 is 11.3 Å². The average molecular weight is 365 g/mol. The SMILES string of the molecule is CCC(=O)N1CCCCC1C(=O)N1CCN(Cc2csc(C)n2)CC1. The second-order valence-corrected chi connectivity index (χ2v) is 7.97. The quantitative estimate of drug-likeness (QED) is 0.819. The topological polar surface area (TPSA) is 56.8 Å². The molecule has 1 aromatic heterocycles. The molecule has 7 heteroatoms. The van der Waals surface area contributed by atoms with E-state index in [1.54, 1.807) is 11.3 Å². The van der Waals surface area contributed by atoms with Crippen molar-refractivity contribution in [2.75, 3.05) is 32.7 Å². The molecule has 0 saturated carbocycles. The van der Waals surface area contributed by atoms with Crippen LogP contribution in [0.1, 0.15) is 43.3 Å². The molecule has 6 nitrogen and oxygen atoms in total. The molecular weight excluding hydrogens is 336 g/mol. The number of thiazole rings is 1. The zero-order valence-electron chi connectivity index (χ0n) is 15.2. The minimum absolute atomic E-state index is 0.107. The molecule has 3 rings (SSSR count). The van der Waals surface area contributed by atoms with E-state index in [0.717, 1.165) is 69.2 Å². The lowest BCUT2D eigenvalue weighted by Gasteiger charge is -2.40. The first-order valence-corrected chi connectivity index (χ1v) is 10.2. The van der Waals surface area contributed by atoms with Gasteiger partial charge in [-0.1, -0.05) is 6.92 Å². The summed E-state index contributed by atoms with van der Waals surface area (Å²) >= 11 is 1.68. The average Bonchev–Trinajstić information content (AvgIpc) is 3.06. The van der Waals surface area contributed by atoms with Gasteiger partial charge >= 0.3 is 0 Å². The number of amides is 2. The van der Waals surface area contributed by atoms with Crippen molar-refractivity contribution in [3.05, 3.63) is 16.1 Å². The molecule has 0 radical (unpaired) electrons. The zero-order chi connectivity index (χ0) is 17.8. The lowest BCUT2D eigenvalue weighted by Crippen LogP contribution is -2.57. The van der Waals surface area contributed by atoms with E-state index in [2.05, 4.69) is 15.3 Å². The van der Waals surface area contributed by atoms with Crippen LogP contribution in [0.25, 0.3) is 0 Å². The number of aryl methyl sites for hydroxylation is 1. The van der Waals surface area contributed by atoms with E-state index in [1.165, 1.54) is 0 Å². The van der Waals surface area contributed by atoms with Gasteiger partial charge in [-0.3, -0.25) is 14.5 Å². The normalized spacial score (nSPS) is 22.2. The molecule has 1 atom stereocenters. The Morgan fingerprint density at radius 3 is 2.60 bits per heavy atom. The second-order valence-electron chi connectivity index (χ2n) is 6.91. The third-order valence-electron chi connectivity index (χ3n) is 5.15. The highest BCUT2D eigenvalue weighted by atomic mass is 32.1. The summed E-state index contributed by atoms with van der Waals surface area (Å²) in [5.74, 6) is 0.251. The first-order valence-electron chi connectivity index (χ1n) is 9.30. The van der Waals surface area contributed by atoms with Gasteiger partial charge in [0.05, 0.1) is 10.7 Å². The number of hydrogen-bond donors (Lipinski definition) is 0. The molecule has 2 fully saturated rings. The zero-order valence-corrected chi connectivity index (χ0v) is 16.1. The maximum absolute atomic E-state index is 13.0. The first-order chi connectivity index (χ1) is 12.1. The number of carbonyl (C=O) groups is 2. The van der Waals surface area contributed by atoms with Gasteiger partial charge in [0.25, 0.3) is 0 Å². The Labute approximate surface area is 153 Å². The highest BCUT2D eigenvalue weighted by Crippen LogP contribution is 2.21. The molecule has 1 aromatic rings. The number of piperidine rings is 1. The largest absolute Gasteiger partial charge is 0.338 e. The molecule has 25 heavy (non-hydrogen) atoms. The van der Waals surface area contributed by atoms with Gasteiger partial charge in [0.2, 0.25) is 11.8 Å². The summed E-state index contributed by atoms with van der Waals surface area (Å²) in [5, 5.41) is 3.21. The summed E-state index contributed by atoms with van der Waals surface area (Å²) < 4.78 is 0. The summed E-state index contributed by atoms with van der Waals surface area (Å²) in [5.41, 5.74) is 1.12. The predicted octanol–water partition coefficient (Wildman–Crippen LogP) is 1.89. The van der Waals surface area contributed by atoms with Crippen molar-refractivity contribution < 1.29 is 9.59 Å². The molecule has 138 valence electrons. The van der Waals surface area contributed by atoms with Crippen molar-refractivity contribution >= 4 is 23.2 Å². The van der Waals surface area contributed by atoms with E-state index in [0.29, 0.717) is 6.42 Å². The molecule has 1 unspecified atom stereocenters. The molecule has 2 amide bonds. The first kappa shape index (κ1) is 18.3. The summed E-state index contributed by atoms with van der Waals surface area (Å²) in [6.07, 6.45) is 3.33. The molecular formula is C18H28N4O2S. The van der Waals surface area contributed by atoms with Crippen LogP contribution < -0.4 is 0 Å². The van der Waals surface area contributed by atoms with Crippen molar-refractivity contribution in [1.29, 1.82) is 0 Å². The van der Waals surface area contributed by atoms with Crippen LogP contribution in [0.15, 0.2) is 5.38 Å². The molecule has 0 bridgehead atoms. The molecule has 2 aliphatic heterocycles. The maximum atomic E-state index is 13.0. The highest BCUT2D eigenvalue weighted by Gasteiger charge is 2.35. The second kappa shape index (κ2) is 8.27. The number of rotatable bonds is 4. The smallest absolute Gasteiger partial charge is 0.245 e. The summed E-state index contributed by atoms with van der Waals surface area (Å²) in [4.78, 5) is 35.8. The van der Waals surface area contributed by atoms with Crippen LogP contribution in [-0.4, -0.2) is 70.3 Å². The predicted molar refractivity (Wildman–Crippen MR) is 98.4 cm³/mol. The molecule has 0 N–H and O–H groups in total. The van der Waals surface area contributed by atoms with Gasteiger partial charge < -0.3 is 9.80 Å². The molecule has 3 heterocycles. The Morgan fingerprint density at radius 2 is 1.96 bits per heavy atom. The van der Waals surface area contributed by atoms with Crippen molar-refractivity contribution in [2.45, 2.75) is 52.1 Å². The van der Waals surface area contributed by atoms with Crippen LogP contribution in [0.4, 0.5) is 0 Å². The van der Waals surface area contributed by atoms with E-state index >= 15 is 0 Å². The highest BCUT2D eigenvalue weighted by molar-refractivity contribution is 7.09. The van der Waals surface area contributed by atoms with E-state index in [4.69, 9.17) is 0 Å². The number of hydrogen-bond acceptors (Lipinski definition) is 5. The molecule has 0 spiro atoms. The Balaban J connectivity index is 1.54. The minimum Gasteiger partial charge on any atom is -0.338 e. The lowest BCUT2D eigenvalue weighted by atomic mass is 10.00.